The Labute approximate surface area is 88.8 Å². The highest BCUT2D eigenvalue weighted by Crippen LogP contribution is 2.28. The van der Waals surface area contributed by atoms with E-state index in [1.807, 2.05) is 37.3 Å². The lowest BCUT2D eigenvalue weighted by atomic mass is 10.1. The number of nitrogen functional groups attached to an aromatic ring is 2. The molecule has 0 unspecified atom stereocenters. The molecular formula is C12H13N3. The maximum atomic E-state index is 5.90. The highest BCUT2D eigenvalue weighted by atomic mass is 14.7. The second-order valence-electron chi connectivity index (χ2n) is 3.47. The maximum Gasteiger partial charge on any atom is 0.0726 e. The standard InChI is InChI=1S/C12H13N3/c1-8-4-2-7-11(15-8)9-5-3-6-10(13)12(9)14/h2-7H,13-14H2,1H3. The van der Waals surface area contributed by atoms with E-state index in [0.29, 0.717) is 11.4 Å². The van der Waals surface area contributed by atoms with Crippen LogP contribution in [0, 0.1) is 6.92 Å². The van der Waals surface area contributed by atoms with Crippen molar-refractivity contribution in [2.24, 2.45) is 0 Å². The number of pyridine rings is 1. The van der Waals surface area contributed by atoms with Crippen LogP contribution in [0.5, 0.6) is 0 Å². The maximum absolute atomic E-state index is 5.90. The Balaban J connectivity index is 2.59. The highest BCUT2D eigenvalue weighted by molar-refractivity contribution is 5.82. The second-order valence-corrected chi connectivity index (χ2v) is 3.47. The zero-order valence-corrected chi connectivity index (χ0v) is 8.57. The van der Waals surface area contributed by atoms with Crippen molar-refractivity contribution in [1.29, 1.82) is 0 Å². The van der Waals surface area contributed by atoms with Gasteiger partial charge in [-0.1, -0.05) is 18.2 Å². The summed E-state index contributed by atoms with van der Waals surface area (Å²) in [5.74, 6) is 0. The van der Waals surface area contributed by atoms with E-state index in [2.05, 4.69) is 4.98 Å². The van der Waals surface area contributed by atoms with Gasteiger partial charge in [0.25, 0.3) is 0 Å². The van der Waals surface area contributed by atoms with Crippen LogP contribution in [0.15, 0.2) is 36.4 Å². The summed E-state index contributed by atoms with van der Waals surface area (Å²) in [6, 6.07) is 11.4. The largest absolute Gasteiger partial charge is 0.397 e. The lowest BCUT2D eigenvalue weighted by Gasteiger charge is -2.07. The van der Waals surface area contributed by atoms with Gasteiger partial charge >= 0.3 is 0 Å². The smallest absolute Gasteiger partial charge is 0.0726 e. The van der Waals surface area contributed by atoms with Crippen molar-refractivity contribution >= 4 is 11.4 Å². The molecule has 4 N–H and O–H groups in total. The Morgan fingerprint density at radius 3 is 2.47 bits per heavy atom. The van der Waals surface area contributed by atoms with Crippen LogP contribution in [0.3, 0.4) is 0 Å². The number of rotatable bonds is 1. The number of aryl methyl sites for hydroxylation is 1. The summed E-state index contributed by atoms with van der Waals surface area (Å²) >= 11 is 0. The van der Waals surface area contributed by atoms with E-state index < -0.39 is 0 Å². The van der Waals surface area contributed by atoms with Crippen LogP contribution in [-0.2, 0) is 0 Å². The van der Waals surface area contributed by atoms with Gasteiger partial charge in [-0.2, -0.15) is 0 Å². The third kappa shape index (κ3) is 1.76. The van der Waals surface area contributed by atoms with Gasteiger partial charge in [-0.05, 0) is 25.1 Å². The van der Waals surface area contributed by atoms with Crippen molar-refractivity contribution in [3.05, 3.63) is 42.1 Å². The van der Waals surface area contributed by atoms with Gasteiger partial charge in [-0.15, -0.1) is 0 Å². The van der Waals surface area contributed by atoms with Gasteiger partial charge in [-0.3, -0.25) is 4.98 Å². The zero-order valence-electron chi connectivity index (χ0n) is 8.57. The van der Waals surface area contributed by atoms with Crippen LogP contribution in [0.4, 0.5) is 11.4 Å². The molecule has 76 valence electrons. The molecule has 0 aliphatic rings. The highest BCUT2D eigenvalue weighted by Gasteiger charge is 2.05. The monoisotopic (exact) mass is 199 g/mol. The van der Waals surface area contributed by atoms with Gasteiger partial charge in [0.2, 0.25) is 0 Å². The minimum atomic E-state index is 0.593. The van der Waals surface area contributed by atoms with Crippen LogP contribution < -0.4 is 11.5 Å². The van der Waals surface area contributed by atoms with Gasteiger partial charge < -0.3 is 11.5 Å². The summed E-state index contributed by atoms with van der Waals surface area (Å²) in [7, 11) is 0. The van der Waals surface area contributed by atoms with Crippen molar-refractivity contribution in [2.75, 3.05) is 11.5 Å². The fraction of sp³-hybridized carbons (Fsp3) is 0.0833. The lowest BCUT2D eigenvalue weighted by Crippen LogP contribution is -1.98. The van der Waals surface area contributed by atoms with Crippen molar-refractivity contribution in [3.63, 3.8) is 0 Å². The second kappa shape index (κ2) is 3.61. The summed E-state index contributed by atoms with van der Waals surface area (Å²) in [4.78, 5) is 4.41. The summed E-state index contributed by atoms with van der Waals surface area (Å²) in [6.45, 7) is 1.95. The lowest BCUT2D eigenvalue weighted by molar-refractivity contribution is 1.21. The van der Waals surface area contributed by atoms with Crippen LogP contribution in [0.2, 0.25) is 0 Å². The molecule has 0 atom stereocenters. The summed E-state index contributed by atoms with van der Waals surface area (Å²) in [6.07, 6.45) is 0. The Kier molecular flexibility index (Phi) is 2.29. The van der Waals surface area contributed by atoms with Crippen molar-refractivity contribution in [1.82, 2.24) is 4.98 Å². The number of aromatic nitrogens is 1. The SMILES string of the molecule is Cc1cccc(-c2cccc(N)c2N)n1. The molecule has 1 heterocycles. The molecule has 1 aromatic carbocycles. The fourth-order valence-corrected chi connectivity index (χ4v) is 1.50. The first-order valence-corrected chi connectivity index (χ1v) is 4.76. The van der Waals surface area contributed by atoms with Crippen LogP contribution in [-0.4, -0.2) is 4.98 Å². The van der Waals surface area contributed by atoms with Gasteiger partial charge in [0.1, 0.15) is 0 Å². The number of hydrogen-bond donors (Lipinski definition) is 2. The quantitative estimate of drug-likeness (QED) is 0.692. The van der Waals surface area contributed by atoms with Crippen LogP contribution in [0.25, 0.3) is 11.3 Å². The molecule has 0 aliphatic heterocycles. The third-order valence-corrected chi connectivity index (χ3v) is 2.30. The molecule has 0 aliphatic carbocycles. The van der Waals surface area contributed by atoms with Crippen LogP contribution in [0.1, 0.15) is 5.69 Å². The molecule has 1 aromatic heterocycles. The fourth-order valence-electron chi connectivity index (χ4n) is 1.50. The molecule has 0 fully saturated rings. The summed E-state index contributed by atoms with van der Waals surface area (Å²) in [5.41, 5.74) is 15.5. The average Bonchev–Trinajstić information content (AvgIpc) is 2.22. The minimum Gasteiger partial charge on any atom is -0.397 e. The molecule has 15 heavy (non-hydrogen) atoms. The van der Waals surface area contributed by atoms with Gasteiger partial charge in [0, 0.05) is 11.3 Å². The topological polar surface area (TPSA) is 64.9 Å². The zero-order chi connectivity index (χ0) is 10.8. The molecule has 0 radical (unpaired) electrons. The normalized spacial score (nSPS) is 10.2. The molecule has 3 nitrogen and oxygen atoms in total. The Bertz CT molecular complexity index is 492. The molecule has 0 saturated carbocycles. The van der Waals surface area contributed by atoms with Crippen molar-refractivity contribution < 1.29 is 0 Å². The van der Waals surface area contributed by atoms with Crippen molar-refractivity contribution in [2.45, 2.75) is 6.92 Å². The average molecular weight is 199 g/mol. The third-order valence-electron chi connectivity index (χ3n) is 2.30. The summed E-state index contributed by atoms with van der Waals surface area (Å²) < 4.78 is 0. The molecule has 2 rings (SSSR count). The van der Waals surface area contributed by atoms with E-state index in [9.17, 15) is 0 Å². The van der Waals surface area contributed by atoms with Gasteiger partial charge in [-0.25, -0.2) is 0 Å². The molecule has 0 spiro atoms. The number of hydrogen-bond acceptors (Lipinski definition) is 3. The predicted molar refractivity (Wildman–Crippen MR) is 63.2 cm³/mol. The Morgan fingerprint density at radius 2 is 1.73 bits per heavy atom. The molecular weight excluding hydrogens is 186 g/mol. The molecule has 0 bridgehead atoms. The molecule has 2 aromatic rings. The van der Waals surface area contributed by atoms with Crippen molar-refractivity contribution in [3.8, 4) is 11.3 Å². The first kappa shape index (κ1) is 9.52. The first-order chi connectivity index (χ1) is 7.18. The minimum absolute atomic E-state index is 0.593. The molecule has 0 amide bonds. The Hall–Kier alpha value is -2.03. The predicted octanol–water partition coefficient (Wildman–Crippen LogP) is 2.22. The number of benzene rings is 1. The van der Waals surface area contributed by atoms with E-state index in [1.54, 1.807) is 6.07 Å². The van der Waals surface area contributed by atoms with E-state index in [4.69, 9.17) is 11.5 Å². The summed E-state index contributed by atoms with van der Waals surface area (Å²) in [5, 5.41) is 0. The van der Waals surface area contributed by atoms with Crippen LogP contribution >= 0.6 is 0 Å². The number of para-hydroxylation sites is 1. The molecule has 0 saturated heterocycles. The van der Waals surface area contributed by atoms with E-state index in [1.165, 1.54) is 0 Å². The van der Waals surface area contributed by atoms with Gasteiger partial charge in [0.05, 0.1) is 17.1 Å². The van der Waals surface area contributed by atoms with Gasteiger partial charge in [0.15, 0.2) is 0 Å². The number of nitrogens with zero attached hydrogens (tertiary/aromatic N) is 1. The van der Waals surface area contributed by atoms with E-state index >= 15 is 0 Å². The first-order valence-electron chi connectivity index (χ1n) is 4.76. The van der Waals surface area contributed by atoms with E-state index in [0.717, 1.165) is 17.0 Å². The Morgan fingerprint density at radius 1 is 1.00 bits per heavy atom. The molecule has 3 heteroatoms. The van der Waals surface area contributed by atoms with E-state index in [-0.39, 0.29) is 0 Å². The number of anilines is 2. The number of nitrogens with two attached hydrogens (primary N) is 2.